The number of aromatic amines is 1. The lowest BCUT2D eigenvalue weighted by atomic mass is 10.00. The van der Waals surface area contributed by atoms with Crippen molar-refractivity contribution in [1.82, 2.24) is 24.6 Å². The van der Waals surface area contributed by atoms with Crippen LogP contribution in [0.1, 0.15) is 47.8 Å². The number of carbonyl (C=O) groups excluding carboxylic acids is 2. The summed E-state index contributed by atoms with van der Waals surface area (Å²) in [5.41, 5.74) is 4.13. The smallest absolute Gasteiger partial charge is 0.323 e. The topological polar surface area (TPSA) is 193 Å². The fraction of sp³-hybridized carbons (Fsp3) is 0.696. The molecule has 2 aromatic rings. The van der Waals surface area contributed by atoms with E-state index in [9.17, 15) is 19.5 Å². The summed E-state index contributed by atoms with van der Waals surface area (Å²) in [6.07, 6.45) is -4.31. The zero-order valence-corrected chi connectivity index (χ0v) is 27.1. The molecule has 1 saturated heterocycles. The number of aliphatic hydroxyl groups excluding tert-OH is 1. The number of fused-ring (bicyclic) bond motifs is 1. The number of thioether (sulfide) groups is 1. The van der Waals surface area contributed by atoms with Gasteiger partial charge in [-0.05, 0) is 32.6 Å². The number of imidazole rings is 1. The van der Waals surface area contributed by atoms with Crippen molar-refractivity contribution in [2.24, 2.45) is 5.41 Å². The number of nitrogen functional groups attached to an aromatic ring is 1. The van der Waals surface area contributed by atoms with Gasteiger partial charge in [0.05, 0.1) is 25.6 Å². The van der Waals surface area contributed by atoms with Crippen LogP contribution in [0.25, 0.3) is 11.2 Å². The van der Waals surface area contributed by atoms with Gasteiger partial charge in [0.15, 0.2) is 22.5 Å². The standard InChI is InChI=1S/C23H35ClFN6O8PS2/c1-11(2)38-18(34)12(3)30-40(41,36-7-8-42-20(35)22(4,5)6)37-9-13-15(32)23(24,25)19(39-13)31-10-27-14-16(31)28-21(26)29-17(14)33/h10-13,15,19,32H,7-9H2,1-6H3,(H,30,41)(H3,26,28,29,33). The molecular weight excluding hydrogens is 638 g/mol. The molecule has 5 N–H and O–H groups in total. The average molecular weight is 673 g/mol. The fourth-order valence-electron chi connectivity index (χ4n) is 3.64. The van der Waals surface area contributed by atoms with E-state index in [-0.39, 0.29) is 40.7 Å². The van der Waals surface area contributed by atoms with E-state index in [0.29, 0.717) is 0 Å². The monoisotopic (exact) mass is 672 g/mol. The molecule has 0 amide bonds. The molecular formula is C23H35ClFN6O8PS2. The number of aromatic nitrogens is 4. The second-order valence-electron chi connectivity index (χ2n) is 10.8. The normalized spacial score (nSPS) is 25.0. The lowest BCUT2D eigenvalue weighted by molar-refractivity contribution is -0.149. The number of H-pyrrole nitrogens is 1. The number of hydrogen-bond donors (Lipinski definition) is 4. The summed E-state index contributed by atoms with van der Waals surface area (Å²) in [6, 6.07) is -0.954. The second-order valence-corrected chi connectivity index (χ2v) is 15.6. The molecule has 19 heteroatoms. The number of nitrogens with zero attached hydrogens (tertiary/aromatic N) is 3. The van der Waals surface area contributed by atoms with Gasteiger partial charge in [0.25, 0.3) is 17.3 Å². The van der Waals surface area contributed by atoms with Crippen LogP contribution in [0.2, 0.25) is 0 Å². The third kappa shape index (κ3) is 8.27. The number of nitrogens with one attached hydrogen (secondary N) is 2. The molecule has 0 aromatic carbocycles. The Balaban J connectivity index is 1.77. The number of anilines is 1. The van der Waals surface area contributed by atoms with Crippen LogP contribution >= 0.6 is 30.0 Å². The van der Waals surface area contributed by atoms with E-state index in [2.05, 4.69) is 20.0 Å². The van der Waals surface area contributed by atoms with Gasteiger partial charge in [0.1, 0.15) is 18.2 Å². The molecule has 0 spiro atoms. The predicted octanol–water partition coefficient (Wildman–Crippen LogP) is 2.36. The van der Waals surface area contributed by atoms with Gasteiger partial charge in [-0.1, -0.05) is 44.1 Å². The number of halogens is 2. The van der Waals surface area contributed by atoms with Gasteiger partial charge in [0, 0.05) is 11.2 Å². The molecule has 1 fully saturated rings. The van der Waals surface area contributed by atoms with Crippen molar-refractivity contribution in [3.05, 3.63) is 16.7 Å². The van der Waals surface area contributed by atoms with Crippen LogP contribution in [-0.2, 0) is 39.9 Å². The Bertz CT molecular complexity index is 1400. The fourth-order valence-corrected chi connectivity index (χ4v) is 7.20. The van der Waals surface area contributed by atoms with E-state index < -0.39 is 59.8 Å². The largest absolute Gasteiger partial charge is 0.462 e. The molecule has 0 saturated carbocycles. The minimum Gasteiger partial charge on any atom is -0.462 e. The minimum atomic E-state index is -3.52. The molecule has 6 unspecified atom stereocenters. The second kappa shape index (κ2) is 13.5. The van der Waals surface area contributed by atoms with Crippen molar-refractivity contribution in [3.63, 3.8) is 0 Å². The third-order valence-electron chi connectivity index (χ3n) is 5.74. The summed E-state index contributed by atoms with van der Waals surface area (Å²) in [7, 11) is 0. The van der Waals surface area contributed by atoms with E-state index >= 15 is 4.39 Å². The Morgan fingerprint density at radius 1 is 1.40 bits per heavy atom. The summed E-state index contributed by atoms with van der Waals surface area (Å²) in [4.78, 5) is 47.0. The number of ether oxygens (including phenoxy) is 2. The van der Waals surface area contributed by atoms with Crippen molar-refractivity contribution in [1.29, 1.82) is 0 Å². The first-order valence-corrected chi connectivity index (χ1v) is 16.8. The maximum atomic E-state index is 15.7. The number of aliphatic hydroxyl groups is 1. The highest BCUT2D eigenvalue weighted by molar-refractivity contribution is 8.13. The van der Waals surface area contributed by atoms with Gasteiger partial charge in [0.2, 0.25) is 5.95 Å². The Morgan fingerprint density at radius 2 is 2.07 bits per heavy atom. The lowest BCUT2D eigenvalue weighted by Gasteiger charge is -2.28. The molecule has 14 nitrogen and oxygen atoms in total. The molecule has 6 atom stereocenters. The SMILES string of the molecule is CC(C)OC(=O)C(C)NP(=S)(OCCSC(=O)C(C)(C)C)OCC1OC(n2cnc3c(=O)[nH]c(N)nc32)C(F)(Cl)C1O. The quantitative estimate of drug-likeness (QED) is 0.111. The summed E-state index contributed by atoms with van der Waals surface area (Å²) >= 11 is 12.8. The molecule has 42 heavy (non-hydrogen) atoms. The predicted molar refractivity (Wildman–Crippen MR) is 159 cm³/mol. The zero-order chi connectivity index (χ0) is 31.6. The summed E-state index contributed by atoms with van der Waals surface area (Å²) < 4.78 is 39.3. The van der Waals surface area contributed by atoms with Gasteiger partial charge in [-0.25, -0.2) is 14.5 Å². The van der Waals surface area contributed by atoms with Crippen LogP contribution in [0.4, 0.5) is 10.3 Å². The third-order valence-corrected chi connectivity index (χ3v) is 10.1. The first-order valence-electron chi connectivity index (χ1n) is 12.8. The van der Waals surface area contributed by atoms with E-state index in [1.54, 1.807) is 34.6 Å². The number of hydrogen-bond acceptors (Lipinski definition) is 13. The lowest BCUT2D eigenvalue weighted by Crippen LogP contribution is -2.39. The molecule has 1 aliphatic rings. The van der Waals surface area contributed by atoms with Crippen molar-refractivity contribution < 1.29 is 37.6 Å². The minimum absolute atomic E-state index is 0.0232. The molecule has 3 rings (SSSR count). The Kier molecular flexibility index (Phi) is 11.2. The molecule has 2 aromatic heterocycles. The molecule has 0 bridgehead atoms. The summed E-state index contributed by atoms with van der Waals surface area (Å²) in [5, 5.41) is 10.6. The highest BCUT2D eigenvalue weighted by atomic mass is 35.5. The van der Waals surface area contributed by atoms with Crippen molar-refractivity contribution in [2.45, 2.75) is 77.3 Å². The average Bonchev–Trinajstić information content (AvgIpc) is 3.37. The van der Waals surface area contributed by atoms with Crippen LogP contribution in [0, 0.1) is 5.41 Å². The number of alkyl halides is 2. The van der Waals surface area contributed by atoms with Crippen LogP contribution in [0.3, 0.4) is 0 Å². The zero-order valence-electron chi connectivity index (χ0n) is 23.8. The van der Waals surface area contributed by atoms with Gasteiger partial charge < -0.3 is 29.4 Å². The van der Waals surface area contributed by atoms with E-state index in [1.165, 1.54) is 6.92 Å². The molecule has 3 heterocycles. The Hall–Kier alpha value is -1.69. The maximum absolute atomic E-state index is 15.7. The van der Waals surface area contributed by atoms with Crippen LogP contribution < -0.4 is 16.4 Å². The molecule has 0 radical (unpaired) electrons. The first-order chi connectivity index (χ1) is 19.4. The highest BCUT2D eigenvalue weighted by Gasteiger charge is 2.58. The van der Waals surface area contributed by atoms with Crippen molar-refractivity contribution >= 4 is 70.0 Å². The number of esters is 1. The number of carbonyl (C=O) groups is 2. The Labute approximate surface area is 255 Å². The highest BCUT2D eigenvalue weighted by Crippen LogP contribution is 2.49. The first kappa shape index (κ1) is 34.8. The van der Waals surface area contributed by atoms with Gasteiger partial charge in [-0.2, -0.15) is 4.98 Å². The van der Waals surface area contributed by atoms with Gasteiger partial charge >= 0.3 is 5.97 Å². The van der Waals surface area contributed by atoms with Crippen LogP contribution in [-0.4, -0.2) is 84.2 Å². The van der Waals surface area contributed by atoms with Crippen molar-refractivity contribution in [3.8, 4) is 0 Å². The van der Waals surface area contributed by atoms with E-state index in [4.69, 9.17) is 47.7 Å². The molecule has 236 valence electrons. The van der Waals surface area contributed by atoms with Crippen molar-refractivity contribution in [2.75, 3.05) is 24.7 Å². The summed E-state index contributed by atoms with van der Waals surface area (Å²) in [5.74, 6) is -0.617. The van der Waals surface area contributed by atoms with E-state index in [0.717, 1.165) is 22.7 Å². The molecule has 1 aliphatic heterocycles. The number of rotatable bonds is 12. The molecule has 0 aliphatic carbocycles. The van der Waals surface area contributed by atoms with Crippen LogP contribution in [0.5, 0.6) is 0 Å². The summed E-state index contributed by atoms with van der Waals surface area (Å²) in [6.45, 7) is 6.19. The Morgan fingerprint density at radius 3 is 2.69 bits per heavy atom. The van der Waals surface area contributed by atoms with Gasteiger partial charge in [-0.15, -0.1) is 0 Å². The van der Waals surface area contributed by atoms with Gasteiger partial charge in [-0.3, -0.25) is 23.9 Å². The van der Waals surface area contributed by atoms with E-state index in [1.807, 2.05) is 0 Å². The number of nitrogens with two attached hydrogens (primary N) is 1. The maximum Gasteiger partial charge on any atom is 0.323 e. The van der Waals surface area contributed by atoms with Crippen LogP contribution in [0.15, 0.2) is 11.1 Å².